The number of nitrogens with one attached hydrogen (secondary N) is 3. The van der Waals surface area contributed by atoms with E-state index in [1.54, 1.807) is 24.3 Å². The van der Waals surface area contributed by atoms with Gasteiger partial charge in [0.25, 0.3) is 17.7 Å². The Hall–Kier alpha value is -3.26. The maximum absolute atomic E-state index is 12.2. The molecular formula is C18H18ClN3O5. The molecule has 0 radical (unpaired) electrons. The van der Waals surface area contributed by atoms with Crippen LogP contribution in [0.1, 0.15) is 20.7 Å². The highest BCUT2D eigenvalue weighted by molar-refractivity contribution is 6.30. The lowest BCUT2D eigenvalue weighted by molar-refractivity contribution is -0.120. The van der Waals surface area contributed by atoms with Crippen molar-refractivity contribution in [1.29, 1.82) is 0 Å². The lowest BCUT2D eigenvalue weighted by Gasteiger charge is -2.10. The number of benzene rings is 2. The first-order valence-electron chi connectivity index (χ1n) is 7.79. The molecule has 0 fully saturated rings. The van der Waals surface area contributed by atoms with Gasteiger partial charge in [-0.25, -0.2) is 0 Å². The minimum Gasteiger partial charge on any atom is -0.497 e. The topological polar surface area (TPSA) is 106 Å². The van der Waals surface area contributed by atoms with Crippen molar-refractivity contribution in [2.75, 3.05) is 20.8 Å². The van der Waals surface area contributed by atoms with Crippen molar-refractivity contribution in [2.24, 2.45) is 0 Å². The Labute approximate surface area is 160 Å². The van der Waals surface area contributed by atoms with Gasteiger partial charge in [0, 0.05) is 22.2 Å². The third kappa shape index (κ3) is 5.89. The molecule has 0 aliphatic heterocycles. The summed E-state index contributed by atoms with van der Waals surface area (Å²) in [5.74, 6) is -0.748. The van der Waals surface area contributed by atoms with Gasteiger partial charge in [0.2, 0.25) is 0 Å². The van der Waals surface area contributed by atoms with Gasteiger partial charge in [-0.1, -0.05) is 17.7 Å². The molecule has 142 valence electrons. The van der Waals surface area contributed by atoms with Crippen molar-refractivity contribution in [3.63, 3.8) is 0 Å². The van der Waals surface area contributed by atoms with Crippen molar-refractivity contribution < 1.29 is 23.9 Å². The van der Waals surface area contributed by atoms with E-state index in [1.807, 2.05) is 0 Å². The average Bonchev–Trinajstić information content (AvgIpc) is 2.69. The number of carbonyl (C=O) groups is 3. The summed E-state index contributed by atoms with van der Waals surface area (Å²) >= 11 is 5.80. The second-order valence-electron chi connectivity index (χ2n) is 5.30. The first-order chi connectivity index (χ1) is 12.9. The Morgan fingerprint density at radius 3 is 2.15 bits per heavy atom. The largest absolute Gasteiger partial charge is 0.497 e. The summed E-state index contributed by atoms with van der Waals surface area (Å²) < 4.78 is 10.2. The van der Waals surface area contributed by atoms with E-state index in [1.165, 1.54) is 32.4 Å². The molecule has 2 rings (SSSR count). The van der Waals surface area contributed by atoms with E-state index in [9.17, 15) is 14.4 Å². The number of hydrogen-bond donors (Lipinski definition) is 3. The predicted molar refractivity (Wildman–Crippen MR) is 98.9 cm³/mol. The monoisotopic (exact) mass is 391 g/mol. The maximum atomic E-state index is 12.2. The summed E-state index contributed by atoms with van der Waals surface area (Å²) in [4.78, 5) is 35.9. The number of carbonyl (C=O) groups excluding carboxylic acids is 3. The van der Waals surface area contributed by atoms with Gasteiger partial charge in [-0.3, -0.25) is 25.2 Å². The predicted octanol–water partition coefficient (Wildman–Crippen LogP) is 1.55. The highest BCUT2D eigenvalue weighted by Gasteiger charge is 2.12. The lowest BCUT2D eigenvalue weighted by atomic mass is 10.2. The van der Waals surface area contributed by atoms with Crippen molar-refractivity contribution in [1.82, 2.24) is 16.2 Å². The van der Waals surface area contributed by atoms with Gasteiger partial charge in [0.1, 0.15) is 11.5 Å². The normalized spacial score (nSPS) is 9.89. The first-order valence-corrected chi connectivity index (χ1v) is 8.16. The van der Waals surface area contributed by atoms with Gasteiger partial charge in [-0.05, 0) is 30.3 Å². The van der Waals surface area contributed by atoms with E-state index >= 15 is 0 Å². The molecule has 2 aromatic carbocycles. The highest BCUT2D eigenvalue weighted by Crippen LogP contribution is 2.22. The summed E-state index contributed by atoms with van der Waals surface area (Å²) in [6.45, 7) is -0.339. The van der Waals surface area contributed by atoms with E-state index in [-0.39, 0.29) is 17.7 Å². The van der Waals surface area contributed by atoms with E-state index in [0.717, 1.165) is 0 Å². The van der Waals surface area contributed by atoms with E-state index < -0.39 is 17.7 Å². The molecule has 3 amide bonds. The number of methoxy groups -OCH3 is 2. The van der Waals surface area contributed by atoms with Crippen molar-refractivity contribution in [3.05, 3.63) is 58.6 Å². The molecule has 0 saturated heterocycles. The zero-order valence-electron chi connectivity index (χ0n) is 14.7. The van der Waals surface area contributed by atoms with Gasteiger partial charge in [0.05, 0.1) is 20.8 Å². The Morgan fingerprint density at radius 1 is 0.889 bits per heavy atom. The molecule has 2 aromatic rings. The fourth-order valence-corrected chi connectivity index (χ4v) is 2.26. The quantitative estimate of drug-likeness (QED) is 0.648. The van der Waals surface area contributed by atoms with Crippen LogP contribution in [-0.2, 0) is 4.79 Å². The van der Waals surface area contributed by atoms with Crippen LogP contribution in [0, 0.1) is 0 Å². The van der Waals surface area contributed by atoms with Crippen LogP contribution >= 0.6 is 11.6 Å². The Morgan fingerprint density at radius 2 is 1.56 bits per heavy atom. The van der Waals surface area contributed by atoms with Gasteiger partial charge >= 0.3 is 0 Å². The fraction of sp³-hybridized carbons (Fsp3) is 0.167. The standard InChI is InChI=1S/C18H18ClN3O5/c1-26-14-7-12(8-15(9-14)27-2)17(24)20-10-16(23)21-22-18(25)11-4-3-5-13(19)6-11/h3-9H,10H2,1-2H3,(H,20,24)(H,21,23)(H,22,25). The molecule has 0 heterocycles. The molecule has 8 nitrogen and oxygen atoms in total. The number of ether oxygens (including phenoxy) is 2. The van der Waals surface area contributed by atoms with Crippen LogP contribution in [0.15, 0.2) is 42.5 Å². The zero-order valence-corrected chi connectivity index (χ0v) is 15.4. The van der Waals surface area contributed by atoms with Gasteiger partial charge in [0.15, 0.2) is 0 Å². The van der Waals surface area contributed by atoms with Crippen LogP contribution in [0.5, 0.6) is 11.5 Å². The summed E-state index contributed by atoms with van der Waals surface area (Å²) in [6, 6.07) is 10.9. The summed E-state index contributed by atoms with van der Waals surface area (Å²) in [5, 5.41) is 2.84. The van der Waals surface area contributed by atoms with Gasteiger partial charge in [-0.15, -0.1) is 0 Å². The Balaban J connectivity index is 1.86. The van der Waals surface area contributed by atoms with Crippen LogP contribution in [-0.4, -0.2) is 38.5 Å². The van der Waals surface area contributed by atoms with E-state index in [2.05, 4.69) is 16.2 Å². The Bertz CT molecular complexity index is 834. The van der Waals surface area contributed by atoms with E-state index in [0.29, 0.717) is 16.5 Å². The lowest BCUT2D eigenvalue weighted by Crippen LogP contribution is -2.46. The summed E-state index contributed by atoms with van der Waals surface area (Å²) in [5.41, 5.74) is 5.00. The third-order valence-electron chi connectivity index (χ3n) is 3.43. The third-order valence-corrected chi connectivity index (χ3v) is 3.66. The number of hydrazine groups is 1. The smallest absolute Gasteiger partial charge is 0.269 e. The number of amides is 3. The molecule has 0 atom stereocenters. The SMILES string of the molecule is COc1cc(OC)cc(C(=O)NCC(=O)NNC(=O)c2cccc(Cl)c2)c1. The highest BCUT2D eigenvalue weighted by atomic mass is 35.5. The molecule has 0 bridgehead atoms. The van der Waals surface area contributed by atoms with Crippen LogP contribution in [0.3, 0.4) is 0 Å². The number of hydrogen-bond acceptors (Lipinski definition) is 5. The van der Waals surface area contributed by atoms with Crippen molar-refractivity contribution >= 4 is 29.3 Å². The van der Waals surface area contributed by atoms with Crippen LogP contribution in [0.25, 0.3) is 0 Å². The second-order valence-corrected chi connectivity index (χ2v) is 5.73. The molecule has 27 heavy (non-hydrogen) atoms. The van der Waals surface area contributed by atoms with Crippen molar-refractivity contribution in [2.45, 2.75) is 0 Å². The van der Waals surface area contributed by atoms with Crippen LogP contribution in [0.2, 0.25) is 5.02 Å². The molecule has 9 heteroatoms. The van der Waals surface area contributed by atoms with Crippen molar-refractivity contribution in [3.8, 4) is 11.5 Å². The second kappa shape index (κ2) is 9.44. The average molecular weight is 392 g/mol. The molecule has 0 aromatic heterocycles. The van der Waals surface area contributed by atoms with Crippen LogP contribution < -0.4 is 25.6 Å². The first kappa shape index (κ1) is 20.1. The zero-order chi connectivity index (χ0) is 19.8. The molecule has 0 spiro atoms. The summed E-state index contributed by atoms with van der Waals surface area (Å²) in [7, 11) is 2.93. The minimum absolute atomic E-state index is 0.266. The fourth-order valence-electron chi connectivity index (χ4n) is 2.07. The number of rotatable bonds is 6. The molecule has 3 N–H and O–H groups in total. The van der Waals surface area contributed by atoms with Gasteiger partial charge in [-0.2, -0.15) is 0 Å². The minimum atomic E-state index is -0.603. The summed E-state index contributed by atoms with van der Waals surface area (Å²) in [6.07, 6.45) is 0. The maximum Gasteiger partial charge on any atom is 0.269 e. The molecular weight excluding hydrogens is 374 g/mol. The number of halogens is 1. The molecule has 0 aliphatic rings. The Kier molecular flexibility index (Phi) is 7.01. The molecule has 0 saturated carbocycles. The molecule has 0 aliphatic carbocycles. The van der Waals surface area contributed by atoms with Gasteiger partial charge < -0.3 is 14.8 Å². The molecule has 0 unspecified atom stereocenters. The van der Waals surface area contributed by atoms with Crippen LogP contribution in [0.4, 0.5) is 0 Å². The van der Waals surface area contributed by atoms with E-state index in [4.69, 9.17) is 21.1 Å².